The number of aryl methyl sites for hydroxylation is 1. The molecule has 2 aromatic carbocycles. The van der Waals surface area contributed by atoms with Crippen molar-refractivity contribution in [3.8, 4) is 11.1 Å². The largest absolute Gasteiger partial charge is 0.468 e. The summed E-state index contributed by atoms with van der Waals surface area (Å²) in [6.07, 6.45) is 3.53. The minimum atomic E-state index is -0.659. The molecule has 0 aliphatic carbocycles. The number of amides is 1. The zero-order valence-electron chi connectivity index (χ0n) is 21.8. The normalized spacial score (nSPS) is 14.0. The molecule has 0 atom stereocenters. The van der Waals surface area contributed by atoms with Crippen LogP contribution in [0.1, 0.15) is 21.8 Å². The lowest BCUT2D eigenvalue weighted by Crippen LogP contribution is -2.45. The molecule has 0 radical (unpaired) electrons. The van der Waals surface area contributed by atoms with Gasteiger partial charge in [0, 0.05) is 54.8 Å². The Hall–Kier alpha value is -4.62. The zero-order chi connectivity index (χ0) is 26.8. The van der Waals surface area contributed by atoms with Gasteiger partial charge in [0.2, 0.25) is 0 Å². The van der Waals surface area contributed by atoms with Crippen molar-refractivity contribution in [2.75, 3.05) is 36.4 Å². The lowest BCUT2D eigenvalue weighted by Gasteiger charge is -2.35. The maximum Gasteiger partial charge on any atom is 0.298 e. The highest BCUT2D eigenvalue weighted by atomic mass is 16.3. The van der Waals surface area contributed by atoms with E-state index in [0.29, 0.717) is 11.4 Å². The first kappa shape index (κ1) is 24.7. The van der Waals surface area contributed by atoms with E-state index in [2.05, 4.69) is 15.1 Å². The average molecular weight is 519 g/mol. The Bertz CT molecular complexity index is 1610. The van der Waals surface area contributed by atoms with E-state index >= 15 is 0 Å². The molecule has 0 saturated carbocycles. The van der Waals surface area contributed by atoms with Gasteiger partial charge < -0.3 is 19.0 Å². The molecule has 4 heterocycles. The molecule has 1 aliphatic heterocycles. The Balaban J connectivity index is 1.15. The van der Waals surface area contributed by atoms with Crippen LogP contribution in [0.3, 0.4) is 0 Å². The second kappa shape index (κ2) is 10.6. The number of Topliss-reactive ketones (excluding diaryl/α,β-unsaturated/α-hetero) is 1. The number of rotatable bonds is 7. The number of hydrogen-bond acceptors (Lipinski definition) is 5. The predicted molar refractivity (Wildman–Crippen MR) is 153 cm³/mol. The number of pyridine rings is 1. The summed E-state index contributed by atoms with van der Waals surface area (Å²) in [5.74, 6) is -0.249. The maximum atomic E-state index is 13.5. The average Bonchev–Trinajstić information content (AvgIpc) is 3.61. The summed E-state index contributed by atoms with van der Waals surface area (Å²) in [6, 6.07) is 27.2. The van der Waals surface area contributed by atoms with Gasteiger partial charge in [-0.1, -0.05) is 30.3 Å². The summed E-state index contributed by atoms with van der Waals surface area (Å²) in [5.41, 5.74) is 5.64. The Kier molecular flexibility index (Phi) is 6.73. The third-order valence-corrected chi connectivity index (χ3v) is 7.36. The van der Waals surface area contributed by atoms with Crippen molar-refractivity contribution < 1.29 is 14.0 Å². The number of benzene rings is 2. The minimum Gasteiger partial charge on any atom is -0.468 e. The van der Waals surface area contributed by atoms with Crippen LogP contribution < -0.4 is 10.2 Å². The number of nitrogens with one attached hydrogen (secondary N) is 1. The smallest absolute Gasteiger partial charge is 0.298 e. The number of carbonyl (C=O) groups is 2. The molecule has 1 amide bonds. The first-order valence-electron chi connectivity index (χ1n) is 13.2. The van der Waals surface area contributed by atoms with E-state index in [1.54, 1.807) is 10.7 Å². The lowest BCUT2D eigenvalue weighted by atomic mass is 9.99. The quantitative estimate of drug-likeness (QED) is 0.223. The van der Waals surface area contributed by atoms with Crippen LogP contribution in [0.25, 0.3) is 16.6 Å². The summed E-state index contributed by atoms with van der Waals surface area (Å²) < 4.78 is 7.26. The Morgan fingerprint density at radius 3 is 2.36 bits per heavy atom. The van der Waals surface area contributed by atoms with Gasteiger partial charge in [-0.15, -0.1) is 0 Å². The first-order chi connectivity index (χ1) is 19.1. The Morgan fingerprint density at radius 1 is 0.846 bits per heavy atom. The summed E-state index contributed by atoms with van der Waals surface area (Å²) in [5, 5.41) is 2.81. The number of nitrogens with zero attached hydrogens (tertiary/aromatic N) is 3. The summed E-state index contributed by atoms with van der Waals surface area (Å²) in [4.78, 5) is 31.4. The van der Waals surface area contributed by atoms with Gasteiger partial charge in [-0.3, -0.25) is 14.5 Å². The molecule has 1 N–H and O–H groups in total. The van der Waals surface area contributed by atoms with Crippen molar-refractivity contribution in [2.24, 2.45) is 0 Å². The zero-order valence-corrected chi connectivity index (χ0v) is 21.8. The standard InChI is InChI=1S/C32H30N4O3/c1-23-7-2-3-10-28(23)29-21-26-8-4-5-15-36(26)30(29)31(37)32(38)33-24-11-13-25(14-12-24)35-18-16-34(17-19-35)22-27-9-6-20-39-27/h2-15,20-21H,16-19,22H2,1H3,(H,33,38). The molecule has 0 unspecified atom stereocenters. The number of hydrogen-bond donors (Lipinski definition) is 1. The maximum absolute atomic E-state index is 13.5. The monoisotopic (exact) mass is 518 g/mol. The number of anilines is 2. The second-order valence-electron chi connectivity index (χ2n) is 9.89. The highest BCUT2D eigenvalue weighted by Crippen LogP contribution is 2.31. The van der Waals surface area contributed by atoms with Gasteiger partial charge in [0.1, 0.15) is 11.5 Å². The number of carbonyl (C=O) groups excluding carboxylic acids is 2. The van der Waals surface area contributed by atoms with E-state index in [9.17, 15) is 9.59 Å². The van der Waals surface area contributed by atoms with Crippen molar-refractivity contribution >= 4 is 28.6 Å². The fourth-order valence-corrected chi connectivity index (χ4v) is 5.27. The van der Waals surface area contributed by atoms with Crippen LogP contribution in [0.15, 0.2) is 102 Å². The van der Waals surface area contributed by atoms with Gasteiger partial charge in [0.05, 0.1) is 12.8 Å². The minimum absolute atomic E-state index is 0.362. The second-order valence-corrected chi connectivity index (χ2v) is 9.89. The van der Waals surface area contributed by atoms with Gasteiger partial charge >= 0.3 is 0 Å². The number of fused-ring (bicyclic) bond motifs is 1. The first-order valence-corrected chi connectivity index (χ1v) is 13.2. The predicted octanol–water partition coefficient (Wildman–Crippen LogP) is 5.65. The van der Waals surface area contributed by atoms with Crippen molar-refractivity contribution in [2.45, 2.75) is 13.5 Å². The third kappa shape index (κ3) is 5.09. The van der Waals surface area contributed by atoms with Crippen LogP contribution in [0, 0.1) is 6.92 Å². The van der Waals surface area contributed by atoms with Crippen molar-refractivity contribution in [3.05, 3.63) is 114 Å². The third-order valence-electron chi connectivity index (χ3n) is 7.36. The van der Waals surface area contributed by atoms with Crippen LogP contribution in [0.5, 0.6) is 0 Å². The molecule has 1 saturated heterocycles. The van der Waals surface area contributed by atoms with Crippen molar-refractivity contribution in [1.82, 2.24) is 9.30 Å². The fraction of sp³-hybridized carbons (Fsp3) is 0.188. The molecule has 3 aromatic heterocycles. The molecule has 0 bridgehead atoms. The van der Waals surface area contributed by atoms with Crippen LogP contribution in [-0.2, 0) is 11.3 Å². The molecule has 39 heavy (non-hydrogen) atoms. The topological polar surface area (TPSA) is 70.2 Å². The number of piperazine rings is 1. The van der Waals surface area contributed by atoms with E-state index in [1.165, 1.54) is 0 Å². The molecule has 7 heteroatoms. The van der Waals surface area contributed by atoms with Crippen LogP contribution >= 0.6 is 0 Å². The molecule has 1 aliphatic rings. The molecule has 1 fully saturated rings. The summed E-state index contributed by atoms with van der Waals surface area (Å²) >= 11 is 0. The number of aromatic nitrogens is 1. The van der Waals surface area contributed by atoms with Crippen LogP contribution in [0.2, 0.25) is 0 Å². The number of furan rings is 1. The van der Waals surface area contributed by atoms with Crippen molar-refractivity contribution in [1.29, 1.82) is 0 Å². The van der Waals surface area contributed by atoms with Gasteiger partial charge in [0.15, 0.2) is 0 Å². The Morgan fingerprint density at radius 2 is 1.62 bits per heavy atom. The molecule has 7 nitrogen and oxygen atoms in total. The summed E-state index contributed by atoms with van der Waals surface area (Å²) in [7, 11) is 0. The molecule has 196 valence electrons. The summed E-state index contributed by atoms with van der Waals surface area (Å²) in [6.45, 7) is 6.54. The highest BCUT2D eigenvalue weighted by Gasteiger charge is 2.25. The molecule has 5 aromatic rings. The van der Waals surface area contributed by atoms with E-state index in [0.717, 1.165) is 66.4 Å². The van der Waals surface area contributed by atoms with E-state index in [-0.39, 0.29) is 0 Å². The highest BCUT2D eigenvalue weighted by molar-refractivity contribution is 6.47. The van der Waals surface area contributed by atoms with E-state index in [1.807, 2.05) is 98.0 Å². The van der Waals surface area contributed by atoms with Gasteiger partial charge in [-0.2, -0.15) is 0 Å². The van der Waals surface area contributed by atoms with Gasteiger partial charge in [-0.25, -0.2) is 0 Å². The molecular formula is C32H30N4O3. The number of ketones is 1. The van der Waals surface area contributed by atoms with Gasteiger partial charge in [0.25, 0.3) is 11.7 Å². The van der Waals surface area contributed by atoms with E-state index in [4.69, 9.17) is 4.42 Å². The lowest BCUT2D eigenvalue weighted by molar-refractivity contribution is -0.112. The van der Waals surface area contributed by atoms with Crippen molar-refractivity contribution in [3.63, 3.8) is 0 Å². The van der Waals surface area contributed by atoms with Crippen LogP contribution in [-0.4, -0.2) is 47.2 Å². The van der Waals surface area contributed by atoms with Gasteiger partial charge in [-0.05, 0) is 72.6 Å². The molecule has 0 spiro atoms. The fourth-order valence-electron chi connectivity index (χ4n) is 5.27. The Labute approximate surface area is 227 Å². The SMILES string of the molecule is Cc1ccccc1-c1cc2ccccn2c1C(=O)C(=O)Nc1ccc(N2CCN(Cc3ccco3)CC2)cc1. The molecule has 6 rings (SSSR count). The van der Waals surface area contributed by atoms with Crippen LogP contribution in [0.4, 0.5) is 11.4 Å². The van der Waals surface area contributed by atoms with E-state index < -0.39 is 11.7 Å². The molecular weight excluding hydrogens is 488 g/mol.